The van der Waals surface area contributed by atoms with Crippen LogP contribution in [0.1, 0.15) is 22.9 Å². The molecule has 0 bridgehead atoms. The molecule has 3 aliphatic heterocycles. The van der Waals surface area contributed by atoms with Crippen molar-refractivity contribution in [2.24, 2.45) is 0 Å². The fourth-order valence-electron chi connectivity index (χ4n) is 4.06. The van der Waals surface area contributed by atoms with Gasteiger partial charge >= 0.3 is 0 Å². The van der Waals surface area contributed by atoms with Crippen molar-refractivity contribution in [1.82, 2.24) is 4.57 Å². The fraction of sp³-hybridized carbons (Fsp3) is 0.200. The third-order valence-electron chi connectivity index (χ3n) is 5.27. The van der Waals surface area contributed by atoms with Gasteiger partial charge in [0.1, 0.15) is 12.2 Å². The van der Waals surface area contributed by atoms with Gasteiger partial charge in [0.2, 0.25) is 13.6 Å². The van der Waals surface area contributed by atoms with Crippen molar-refractivity contribution in [3.05, 3.63) is 65.5 Å². The summed E-state index contributed by atoms with van der Waals surface area (Å²) < 4.78 is 24.6. The predicted octanol–water partition coefficient (Wildman–Crippen LogP) is 2.10. The molecule has 6 nitrogen and oxygen atoms in total. The van der Waals surface area contributed by atoms with E-state index in [-0.39, 0.29) is 12.8 Å². The van der Waals surface area contributed by atoms with Crippen molar-refractivity contribution in [3.63, 3.8) is 0 Å². The van der Waals surface area contributed by atoms with Crippen LogP contribution in [0.2, 0.25) is 0 Å². The van der Waals surface area contributed by atoms with Crippen molar-refractivity contribution >= 4 is 0 Å². The Kier molecular flexibility index (Phi) is 2.81. The van der Waals surface area contributed by atoms with E-state index in [9.17, 15) is 0 Å². The van der Waals surface area contributed by atoms with Crippen LogP contribution in [0.4, 0.5) is 0 Å². The van der Waals surface area contributed by atoms with Crippen molar-refractivity contribution in [1.29, 1.82) is 0 Å². The lowest BCUT2D eigenvalue weighted by Crippen LogP contribution is -2.83. The Morgan fingerprint density at radius 2 is 1.73 bits per heavy atom. The Balaban J connectivity index is 1.51. The number of benzene rings is 2. The number of aromatic nitrogens is 1. The van der Waals surface area contributed by atoms with Gasteiger partial charge in [-0.25, -0.2) is 0 Å². The van der Waals surface area contributed by atoms with E-state index in [0.717, 1.165) is 35.2 Å². The lowest BCUT2D eigenvalue weighted by atomic mass is 10.0. The molecule has 6 heteroatoms. The number of nitrogens with zero attached hydrogens (tertiary/aromatic N) is 1. The van der Waals surface area contributed by atoms with Gasteiger partial charge in [0.25, 0.3) is 0 Å². The zero-order valence-electron chi connectivity index (χ0n) is 14.0. The number of hydrogen-bond acceptors (Lipinski definition) is 4. The maximum atomic E-state index is 5.79. The Hall–Kier alpha value is -3.12. The lowest BCUT2D eigenvalue weighted by molar-refractivity contribution is -0.702. The molecule has 1 unspecified atom stereocenters. The van der Waals surface area contributed by atoms with E-state index in [2.05, 4.69) is 46.4 Å². The lowest BCUT2D eigenvalue weighted by Gasteiger charge is -2.15. The molecule has 0 aliphatic carbocycles. The Morgan fingerprint density at radius 3 is 2.73 bits per heavy atom. The summed E-state index contributed by atoms with van der Waals surface area (Å²) in [6, 6.07) is 14.7. The first-order valence-corrected chi connectivity index (χ1v) is 8.70. The normalized spacial score (nSPS) is 19.0. The topological polar surface area (TPSA) is 58.5 Å². The van der Waals surface area contributed by atoms with Crippen LogP contribution in [0.3, 0.4) is 0 Å². The third-order valence-corrected chi connectivity index (χ3v) is 5.27. The molecule has 1 aromatic heterocycles. The number of fused-ring (bicyclic) bond motifs is 6. The van der Waals surface area contributed by atoms with Gasteiger partial charge in [0.15, 0.2) is 29.0 Å². The van der Waals surface area contributed by atoms with Crippen molar-refractivity contribution in [3.8, 4) is 28.7 Å². The number of hydrogen-bond donors (Lipinski definition) is 1. The Labute approximate surface area is 149 Å². The Bertz CT molecular complexity index is 1030. The van der Waals surface area contributed by atoms with Crippen LogP contribution in [0, 0.1) is 0 Å². The smallest absolute Gasteiger partial charge is 0.231 e. The molecule has 0 radical (unpaired) electrons. The molecule has 4 heterocycles. The van der Waals surface area contributed by atoms with Gasteiger partial charge in [0, 0.05) is 17.3 Å². The van der Waals surface area contributed by atoms with Crippen LogP contribution in [-0.2, 0) is 6.54 Å². The summed E-state index contributed by atoms with van der Waals surface area (Å²) in [6.07, 6.45) is 2.09. The second kappa shape index (κ2) is 5.19. The molecule has 26 heavy (non-hydrogen) atoms. The second-order valence-electron chi connectivity index (χ2n) is 6.64. The number of quaternary nitrogens is 1. The van der Waals surface area contributed by atoms with Gasteiger partial charge < -0.3 is 28.8 Å². The molecule has 0 fully saturated rings. The summed E-state index contributed by atoms with van der Waals surface area (Å²) in [5, 5.41) is 2.34. The highest BCUT2D eigenvalue weighted by molar-refractivity contribution is 5.62. The largest absolute Gasteiger partial charge is 0.454 e. The van der Waals surface area contributed by atoms with Gasteiger partial charge in [-0.15, -0.1) is 0 Å². The quantitative estimate of drug-likeness (QED) is 0.731. The van der Waals surface area contributed by atoms with Crippen LogP contribution >= 0.6 is 0 Å². The minimum atomic E-state index is 0.157. The molecule has 0 spiro atoms. The summed E-state index contributed by atoms with van der Waals surface area (Å²) in [7, 11) is 0. The third kappa shape index (κ3) is 1.90. The van der Waals surface area contributed by atoms with Crippen LogP contribution < -0.4 is 24.3 Å². The summed E-state index contributed by atoms with van der Waals surface area (Å²) >= 11 is 0. The number of nitrogens with two attached hydrogens (primary N) is 1. The molecular weight excluding hydrogens is 332 g/mol. The van der Waals surface area contributed by atoms with Crippen LogP contribution in [-0.4, -0.2) is 18.2 Å². The van der Waals surface area contributed by atoms with Crippen LogP contribution in [0.5, 0.6) is 23.0 Å². The molecule has 130 valence electrons. The minimum Gasteiger partial charge on any atom is -0.454 e. The average Bonchev–Trinajstić information content (AvgIpc) is 3.40. The van der Waals surface area contributed by atoms with Gasteiger partial charge in [-0.2, -0.15) is 0 Å². The SMILES string of the molecule is c1cc2n(c1)-c1c(ccc3c1OCO3)C[NH2+]C2c1ccc2c(c1)OCO2. The van der Waals surface area contributed by atoms with Gasteiger partial charge in [-0.3, -0.25) is 0 Å². The molecule has 3 aliphatic rings. The standard InChI is InChI=1S/C20H16N2O4/c1-2-14-18(12-3-5-15-17(8-12)25-10-23-15)21-9-13-4-6-16-20(26-11-24-16)19(13)22(14)7-1/h1-8,18,21H,9-11H2/p+1. The Morgan fingerprint density at radius 1 is 0.885 bits per heavy atom. The van der Waals surface area contributed by atoms with Gasteiger partial charge in [-0.1, -0.05) is 0 Å². The molecule has 6 rings (SSSR count). The van der Waals surface area contributed by atoms with E-state index in [1.54, 1.807) is 0 Å². The number of rotatable bonds is 1. The molecule has 3 aromatic rings. The van der Waals surface area contributed by atoms with Gasteiger partial charge in [0.05, 0.1) is 5.69 Å². The molecular formula is C20H17N2O4+. The second-order valence-corrected chi connectivity index (χ2v) is 6.64. The summed E-state index contributed by atoms with van der Waals surface area (Å²) in [5.74, 6) is 3.27. The monoisotopic (exact) mass is 349 g/mol. The van der Waals surface area contributed by atoms with E-state index in [4.69, 9.17) is 18.9 Å². The van der Waals surface area contributed by atoms with Gasteiger partial charge in [-0.05, 0) is 42.5 Å². The van der Waals surface area contributed by atoms with Crippen molar-refractivity contribution in [2.75, 3.05) is 13.6 Å². The summed E-state index contributed by atoms with van der Waals surface area (Å²) in [6.45, 7) is 1.42. The van der Waals surface area contributed by atoms with Crippen molar-refractivity contribution < 1.29 is 24.3 Å². The van der Waals surface area contributed by atoms with Crippen LogP contribution in [0.15, 0.2) is 48.7 Å². The highest BCUT2D eigenvalue weighted by Crippen LogP contribution is 2.42. The zero-order valence-corrected chi connectivity index (χ0v) is 14.0. The van der Waals surface area contributed by atoms with Crippen LogP contribution in [0.25, 0.3) is 5.69 Å². The van der Waals surface area contributed by atoms with E-state index in [1.165, 1.54) is 16.8 Å². The highest BCUT2D eigenvalue weighted by Gasteiger charge is 2.31. The van der Waals surface area contributed by atoms with Crippen molar-refractivity contribution in [2.45, 2.75) is 12.6 Å². The number of ether oxygens (including phenoxy) is 4. The molecule has 2 aromatic carbocycles. The first-order valence-electron chi connectivity index (χ1n) is 8.70. The fourth-order valence-corrected chi connectivity index (χ4v) is 4.06. The summed E-state index contributed by atoms with van der Waals surface area (Å²) in [4.78, 5) is 0. The average molecular weight is 349 g/mol. The van der Waals surface area contributed by atoms with E-state index in [0.29, 0.717) is 6.79 Å². The molecule has 0 saturated heterocycles. The molecule has 0 amide bonds. The molecule has 2 N–H and O–H groups in total. The van der Waals surface area contributed by atoms with E-state index in [1.807, 2.05) is 12.1 Å². The highest BCUT2D eigenvalue weighted by atomic mass is 16.7. The van der Waals surface area contributed by atoms with E-state index >= 15 is 0 Å². The predicted molar refractivity (Wildman–Crippen MR) is 91.9 cm³/mol. The maximum Gasteiger partial charge on any atom is 0.231 e. The molecule has 1 atom stereocenters. The molecule has 0 saturated carbocycles. The zero-order chi connectivity index (χ0) is 17.1. The first kappa shape index (κ1) is 14.1. The first-order chi connectivity index (χ1) is 12.9. The summed E-state index contributed by atoms with van der Waals surface area (Å²) in [5.41, 5.74) is 4.71. The maximum absolute atomic E-state index is 5.79. The minimum absolute atomic E-state index is 0.157. The van der Waals surface area contributed by atoms with E-state index < -0.39 is 0 Å².